The Morgan fingerprint density at radius 1 is 1.40 bits per heavy atom. The Bertz CT molecular complexity index is 74.8. The van der Waals surface area contributed by atoms with Crippen LogP contribution in [-0.4, -0.2) is 13.6 Å². The molecule has 0 rings (SSSR count). The molecule has 0 heterocycles. The molecule has 0 saturated carbocycles. The van der Waals surface area contributed by atoms with Crippen molar-refractivity contribution in [2.24, 2.45) is 0 Å². The summed E-state index contributed by atoms with van der Waals surface area (Å²) in [6, 6.07) is 0. The first kappa shape index (κ1) is 12.4. The smallest absolute Gasteiger partial charge is 0.00147 e. The van der Waals surface area contributed by atoms with E-state index in [0.29, 0.717) is 0 Å². The lowest BCUT2D eigenvalue weighted by Crippen LogP contribution is -2.07. The molecule has 10 heavy (non-hydrogen) atoms. The number of rotatable bonds is 3. The molecule has 0 aromatic rings. The first-order chi connectivity index (χ1) is 4.81. The second-order valence-corrected chi connectivity index (χ2v) is 1.99. The first-order valence-electron chi connectivity index (χ1n) is 4.07. The fraction of sp³-hybridized carbons (Fsp3) is 0.778. The van der Waals surface area contributed by atoms with Crippen LogP contribution in [0.15, 0.2) is 11.6 Å². The van der Waals surface area contributed by atoms with Gasteiger partial charge in [-0.3, -0.25) is 0 Å². The molecule has 0 fully saturated rings. The van der Waals surface area contributed by atoms with E-state index in [1.54, 1.807) is 0 Å². The molecule has 0 unspecified atom stereocenters. The van der Waals surface area contributed by atoms with Gasteiger partial charge in [-0.25, -0.2) is 0 Å². The van der Waals surface area contributed by atoms with E-state index in [-0.39, 0.29) is 0 Å². The highest BCUT2D eigenvalue weighted by molar-refractivity contribution is 4.95. The van der Waals surface area contributed by atoms with Gasteiger partial charge in [0, 0.05) is 0 Å². The molecule has 0 aliphatic rings. The fourth-order valence-corrected chi connectivity index (χ4v) is 0.467. The van der Waals surface area contributed by atoms with Crippen molar-refractivity contribution in [1.82, 2.24) is 5.32 Å². The average molecular weight is 143 g/mol. The van der Waals surface area contributed by atoms with Crippen LogP contribution in [0.5, 0.6) is 0 Å². The van der Waals surface area contributed by atoms with E-state index in [4.69, 9.17) is 0 Å². The first-order valence-corrected chi connectivity index (χ1v) is 4.07. The normalized spacial score (nSPS) is 10.3. The zero-order valence-corrected chi connectivity index (χ0v) is 7.99. The number of allylic oxidation sites excluding steroid dienone is 1. The van der Waals surface area contributed by atoms with Crippen LogP contribution in [0.4, 0.5) is 0 Å². The molecule has 0 aliphatic heterocycles. The summed E-state index contributed by atoms with van der Waals surface area (Å²) in [6.45, 7) is 9.32. The fourth-order valence-electron chi connectivity index (χ4n) is 0.467. The van der Waals surface area contributed by atoms with Crippen molar-refractivity contribution < 1.29 is 0 Å². The Morgan fingerprint density at radius 3 is 2.20 bits per heavy atom. The van der Waals surface area contributed by atoms with Gasteiger partial charge >= 0.3 is 0 Å². The maximum absolute atomic E-state index is 3.09. The van der Waals surface area contributed by atoms with Gasteiger partial charge < -0.3 is 5.32 Å². The Labute approximate surface area is 65.5 Å². The van der Waals surface area contributed by atoms with E-state index in [9.17, 15) is 0 Å². The Morgan fingerprint density at radius 2 is 1.90 bits per heavy atom. The van der Waals surface area contributed by atoms with Gasteiger partial charge in [0.1, 0.15) is 0 Å². The lowest BCUT2D eigenvalue weighted by atomic mass is 10.2. The topological polar surface area (TPSA) is 12.0 Å². The molecule has 1 nitrogen and oxygen atoms in total. The predicted octanol–water partition coefficient (Wildman–Crippen LogP) is 2.59. The van der Waals surface area contributed by atoms with E-state index in [1.165, 1.54) is 12.0 Å². The lowest BCUT2D eigenvalue weighted by molar-refractivity contribution is 0.784. The summed E-state index contributed by atoms with van der Waals surface area (Å²) in [5, 5.41) is 3.09. The zero-order chi connectivity index (χ0) is 8.41. The predicted molar refractivity (Wildman–Crippen MR) is 49.3 cm³/mol. The third-order valence-corrected chi connectivity index (χ3v) is 1.26. The van der Waals surface area contributed by atoms with Gasteiger partial charge in [0.25, 0.3) is 0 Å². The van der Waals surface area contributed by atoms with Crippen molar-refractivity contribution in [3.8, 4) is 0 Å². The Hall–Kier alpha value is -0.300. The quantitative estimate of drug-likeness (QED) is 0.599. The van der Waals surface area contributed by atoms with E-state index >= 15 is 0 Å². The molecule has 0 atom stereocenters. The van der Waals surface area contributed by atoms with Crippen molar-refractivity contribution in [3.05, 3.63) is 11.6 Å². The van der Waals surface area contributed by atoms with Gasteiger partial charge in [0.15, 0.2) is 0 Å². The SMILES string of the molecule is C/C=C(/C)CCNC.CC. The summed E-state index contributed by atoms with van der Waals surface area (Å²) in [6.07, 6.45) is 3.32. The highest BCUT2D eigenvalue weighted by Gasteiger charge is 1.82. The van der Waals surface area contributed by atoms with E-state index in [2.05, 4.69) is 25.2 Å². The maximum Gasteiger partial charge on any atom is -0.00147 e. The molecule has 0 amide bonds. The third kappa shape index (κ3) is 10.6. The van der Waals surface area contributed by atoms with Gasteiger partial charge in [-0.15, -0.1) is 0 Å². The highest BCUT2D eigenvalue weighted by Crippen LogP contribution is 1.95. The van der Waals surface area contributed by atoms with Crippen LogP contribution < -0.4 is 5.32 Å². The zero-order valence-electron chi connectivity index (χ0n) is 7.99. The lowest BCUT2D eigenvalue weighted by Gasteiger charge is -1.96. The van der Waals surface area contributed by atoms with E-state index in [0.717, 1.165) is 6.54 Å². The molecule has 0 aliphatic carbocycles. The summed E-state index contributed by atoms with van der Waals surface area (Å²) in [4.78, 5) is 0. The van der Waals surface area contributed by atoms with Crippen molar-refractivity contribution in [3.63, 3.8) is 0 Å². The molecule has 0 aromatic heterocycles. The van der Waals surface area contributed by atoms with Crippen LogP contribution in [0.3, 0.4) is 0 Å². The summed E-state index contributed by atoms with van der Waals surface area (Å²) < 4.78 is 0. The van der Waals surface area contributed by atoms with Gasteiger partial charge in [-0.2, -0.15) is 0 Å². The van der Waals surface area contributed by atoms with Gasteiger partial charge in [-0.1, -0.05) is 25.5 Å². The minimum Gasteiger partial charge on any atom is -0.319 e. The maximum atomic E-state index is 3.09. The molecular formula is C9H21N. The van der Waals surface area contributed by atoms with Crippen LogP contribution >= 0.6 is 0 Å². The van der Waals surface area contributed by atoms with Crippen molar-refractivity contribution >= 4 is 0 Å². The second kappa shape index (κ2) is 11.5. The molecular weight excluding hydrogens is 122 g/mol. The Kier molecular flexibility index (Phi) is 14.2. The molecule has 0 radical (unpaired) electrons. The van der Waals surface area contributed by atoms with Crippen LogP contribution in [0.25, 0.3) is 0 Å². The minimum atomic E-state index is 1.09. The largest absolute Gasteiger partial charge is 0.319 e. The van der Waals surface area contributed by atoms with Gasteiger partial charge in [0.05, 0.1) is 0 Å². The van der Waals surface area contributed by atoms with E-state index < -0.39 is 0 Å². The minimum absolute atomic E-state index is 1.09. The molecule has 0 spiro atoms. The molecule has 1 N–H and O–H groups in total. The highest BCUT2D eigenvalue weighted by atomic mass is 14.8. The average Bonchev–Trinajstić information content (AvgIpc) is 2.04. The van der Waals surface area contributed by atoms with Crippen molar-refractivity contribution in [2.75, 3.05) is 13.6 Å². The van der Waals surface area contributed by atoms with Crippen molar-refractivity contribution in [1.29, 1.82) is 0 Å². The van der Waals surface area contributed by atoms with Crippen LogP contribution in [0.1, 0.15) is 34.1 Å². The molecule has 0 bridgehead atoms. The second-order valence-electron chi connectivity index (χ2n) is 1.99. The molecule has 1 heteroatoms. The standard InChI is InChI=1S/C7H15N.C2H6/c1-4-7(2)5-6-8-3;1-2/h4,8H,5-6H2,1-3H3;1-2H3/b7-4-;. The van der Waals surface area contributed by atoms with Crippen LogP contribution in [0, 0.1) is 0 Å². The number of nitrogens with one attached hydrogen (secondary N) is 1. The summed E-state index contributed by atoms with van der Waals surface area (Å²) in [7, 11) is 1.98. The number of hydrogen-bond acceptors (Lipinski definition) is 1. The van der Waals surface area contributed by atoms with Gasteiger partial charge in [0.2, 0.25) is 0 Å². The van der Waals surface area contributed by atoms with Crippen molar-refractivity contribution in [2.45, 2.75) is 34.1 Å². The summed E-state index contributed by atoms with van der Waals surface area (Å²) in [5.41, 5.74) is 1.46. The van der Waals surface area contributed by atoms with Crippen LogP contribution in [-0.2, 0) is 0 Å². The third-order valence-electron chi connectivity index (χ3n) is 1.26. The monoisotopic (exact) mass is 143 g/mol. The molecule has 0 saturated heterocycles. The number of hydrogen-bond donors (Lipinski definition) is 1. The van der Waals surface area contributed by atoms with Crippen LogP contribution in [0.2, 0.25) is 0 Å². The molecule has 0 aromatic carbocycles. The summed E-state index contributed by atoms with van der Waals surface area (Å²) in [5.74, 6) is 0. The van der Waals surface area contributed by atoms with E-state index in [1.807, 2.05) is 20.9 Å². The van der Waals surface area contributed by atoms with Gasteiger partial charge in [-0.05, 0) is 33.9 Å². The Balaban J connectivity index is 0. The summed E-state index contributed by atoms with van der Waals surface area (Å²) >= 11 is 0. The molecule has 62 valence electrons.